The van der Waals surface area contributed by atoms with E-state index in [9.17, 15) is 0 Å². The van der Waals surface area contributed by atoms with Gasteiger partial charge in [0.1, 0.15) is 5.82 Å². The van der Waals surface area contributed by atoms with Crippen molar-refractivity contribution in [3.63, 3.8) is 0 Å². The van der Waals surface area contributed by atoms with Crippen LogP contribution in [0.4, 0.5) is 0 Å². The van der Waals surface area contributed by atoms with Gasteiger partial charge in [0.15, 0.2) is 5.82 Å². The maximum absolute atomic E-state index is 5.64. The normalized spacial score (nSPS) is 11.2. The molecule has 2 rings (SSSR count). The quantitative estimate of drug-likeness (QED) is 0.902. The number of aromatic nitrogens is 3. The van der Waals surface area contributed by atoms with Gasteiger partial charge in [-0.2, -0.15) is 0 Å². The fraction of sp³-hybridized carbons (Fsp3) is 0.429. The molecule has 0 saturated heterocycles. The fourth-order valence-corrected chi connectivity index (χ4v) is 1.95. The van der Waals surface area contributed by atoms with Gasteiger partial charge in [-0.3, -0.25) is 0 Å². The highest BCUT2D eigenvalue weighted by atomic mass is 15.4. The Morgan fingerprint density at radius 3 is 2.61 bits per heavy atom. The molecule has 0 aliphatic rings. The molecule has 0 saturated carbocycles. The molecule has 0 unspecified atom stereocenters. The van der Waals surface area contributed by atoms with E-state index in [2.05, 4.69) is 56.0 Å². The molecule has 18 heavy (non-hydrogen) atoms. The van der Waals surface area contributed by atoms with Crippen LogP contribution in [0.1, 0.15) is 42.5 Å². The first kappa shape index (κ1) is 12.8. The predicted molar refractivity (Wildman–Crippen MR) is 72.8 cm³/mol. The first-order valence-electron chi connectivity index (χ1n) is 6.26. The zero-order valence-electron chi connectivity index (χ0n) is 11.4. The number of nitrogens with two attached hydrogens (primary N) is 1. The lowest BCUT2D eigenvalue weighted by Gasteiger charge is -2.11. The molecule has 0 radical (unpaired) electrons. The molecule has 0 amide bonds. The molecule has 96 valence electrons. The molecular formula is C14H20N4. The summed E-state index contributed by atoms with van der Waals surface area (Å²) in [6, 6.07) is 6.35. The van der Waals surface area contributed by atoms with Crippen LogP contribution in [-0.2, 0) is 6.54 Å². The second-order valence-corrected chi connectivity index (χ2v) is 4.95. The van der Waals surface area contributed by atoms with Gasteiger partial charge in [0.25, 0.3) is 0 Å². The standard InChI is InChI=1S/C14H20N4/c1-9(2)14-16-13(8-15)17-18(14)12-7-10(3)5-6-11(12)4/h5-7,9H,8,15H2,1-4H3. The molecule has 0 aliphatic heterocycles. The molecule has 0 atom stereocenters. The predicted octanol–water partition coefficient (Wildman–Crippen LogP) is 2.47. The van der Waals surface area contributed by atoms with Crippen LogP contribution in [0.15, 0.2) is 18.2 Å². The average molecular weight is 244 g/mol. The lowest BCUT2D eigenvalue weighted by Crippen LogP contribution is -2.07. The number of hydrogen-bond acceptors (Lipinski definition) is 3. The van der Waals surface area contributed by atoms with E-state index >= 15 is 0 Å². The smallest absolute Gasteiger partial charge is 0.164 e. The number of rotatable bonds is 3. The molecular weight excluding hydrogens is 224 g/mol. The summed E-state index contributed by atoms with van der Waals surface area (Å²) in [4.78, 5) is 4.50. The van der Waals surface area contributed by atoms with E-state index in [4.69, 9.17) is 5.73 Å². The molecule has 2 aromatic rings. The average Bonchev–Trinajstić information content (AvgIpc) is 2.76. The van der Waals surface area contributed by atoms with Crippen LogP contribution in [0.5, 0.6) is 0 Å². The van der Waals surface area contributed by atoms with E-state index < -0.39 is 0 Å². The zero-order valence-corrected chi connectivity index (χ0v) is 11.4. The van der Waals surface area contributed by atoms with Gasteiger partial charge >= 0.3 is 0 Å². The number of aryl methyl sites for hydroxylation is 2. The molecule has 1 aromatic carbocycles. The van der Waals surface area contributed by atoms with Crippen LogP contribution in [0.3, 0.4) is 0 Å². The minimum atomic E-state index is 0.317. The first-order valence-corrected chi connectivity index (χ1v) is 6.26. The monoisotopic (exact) mass is 244 g/mol. The highest BCUT2D eigenvalue weighted by Gasteiger charge is 2.15. The molecule has 0 fully saturated rings. The summed E-state index contributed by atoms with van der Waals surface area (Å²) in [5.41, 5.74) is 9.14. The molecule has 2 N–H and O–H groups in total. The SMILES string of the molecule is Cc1ccc(C)c(-n2nc(CN)nc2C(C)C)c1. The fourth-order valence-electron chi connectivity index (χ4n) is 1.95. The van der Waals surface area contributed by atoms with Gasteiger partial charge in [0, 0.05) is 5.92 Å². The van der Waals surface area contributed by atoms with Crippen molar-refractivity contribution < 1.29 is 0 Å². The van der Waals surface area contributed by atoms with E-state index in [1.807, 2.05) is 4.68 Å². The van der Waals surface area contributed by atoms with Gasteiger partial charge < -0.3 is 5.73 Å². The summed E-state index contributed by atoms with van der Waals surface area (Å²) in [5, 5.41) is 4.50. The maximum Gasteiger partial charge on any atom is 0.164 e. The van der Waals surface area contributed by atoms with E-state index in [0.717, 1.165) is 11.5 Å². The first-order chi connectivity index (χ1) is 8.52. The van der Waals surface area contributed by atoms with Crippen molar-refractivity contribution >= 4 is 0 Å². The Morgan fingerprint density at radius 1 is 1.28 bits per heavy atom. The summed E-state index contributed by atoms with van der Waals surface area (Å²) in [7, 11) is 0. The minimum Gasteiger partial charge on any atom is -0.324 e. The summed E-state index contributed by atoms with van der Waals surface area (Å²) in [5.74, 6) is 1.97. The Kier molecular flexibility index (Phi) is 3.48. The van der Waals surface area contributed by atoms with Crippen molar-refractivity contribution in [2.24, 2.45) is 5.73 Å². The summed E-state index contributed by atoms with van der Waals surface area (Å²) < 4.78 is 1.93. The highest BCUT2D eigenvalue weighted by Crippen LogP contribution is 2.21. The maximum atomic E-state index is 5.64. The van der Waals surface area contributed by atoms with Crippen molar-refractivity contribution in [2.45, 2.75) is 40.2 Å². The van der Waals surface area contributed by atoms with E-state index in [-0.39, 0.29) is 0 Å². The Labute approximate surface area is 108 Å². The minimum absolute atomic E-state index is 0.317. The molecule has 0 bridgehead atoms. The van der Waals surface area contributed by atoms with E-state index in [1.165, 1.54) is 11.1 Å². The van der Waals surface area contributed by atoms with Gasteiger partial charge in [-0.15, -0.1) is 5.10 Å². The van der Waals surface area contributed by atoms with Crippen molar-refractivity contribution in [3.05, 3.63) is 41.0 Å². The van der Waals surface area contributed by atoms with Crippen molar-refractivity contribution in [1.82, 2.24) is 14.8 Å². The third-order valence-corrected chi connectivity index (χ3v) is 2.97. The number of hydrogen-bond donors (Lipinski definition) is 1. The van der Waals surface area contributed by atoms with Crippen LogP contribution < -0.4 is 5.73 Å². The van der Waals surface area contributed by atoms with Crippen molar-refractivity contribution in [1.29, 1.82) is 0 Å². The number of nitrogens with zero attached hydrogens (tertiary/aromatic N) is 3. The van der Waals surface area contributed by atoms with Crippen LogP contribution in [0, 0.1) is 13.8 Å². The lowest BCUT2D eigenvalue weighted by atomic mass is 10.1. The van der Waals surface area contributed by atoms with Crippen molar-refractivity contribution in [2.75, 3.05) is 0 Å². The van der Waals surface area contributed by atoms with Crippen molar-refractivity contribution in [3.8, 4) is 5.69 Å². The molecule has 0 spiro atoms. The van der Waals surface area contributed by atoms with Gasteiger partial charge in [-0.25, -0.2) is 9.67 Å². The van der Waals surface area contributed by atoms with Gasteiger partial charge in [0.05, 0.1) is 12.2 Å². The largest absolute Gasteiger partial charge is 0.324 e. The third kappa shape index (κ3) is 2.29. The summed E-state index contributed by atoms with van der Waals surface area (Å²) in [6.45, 7) is 8.77. The summed E-state index contributed by atoms with van der Waals surface area (Å²) in [6.07, 6.45) is 0. The van der Waals surface area contributed by atoms with Crippen LogP contribution >= 0.6 is 0 Å². The van der Waals surface area contributed by atoms with Gasteiger partial charge in [-0.05, 0) is 31.0 Å². The Balaban J connectivity index is 2.62. The van der Waals surface area contributed by atoms with Crippen LogP contribution in [0.25, 0.3) is 5.69 Å². The third-order valence-electron chi connectivity index (χ3n) is 2.97. The lowest BCUT2D eigenvalue weighted by molar-refractivity contribution is 0.710. The molecule has 1 aromatic heterocycles. The highest BCUT2D eigenvalue weighted by molar-refractivity contribution is 5.43. The summed E-state index contributed by atoms with van der Waals surface area (Å²) >= 11 is 0. The van der Waals surface area contributed by atoms with Gasteiger partial charge in [-0.1, -0.05) is 26.0 Å². The molecule has 1 heterocycles. The number of benzene rings is 1. The van der Waals surface area contributed by atoms with Crippen LogP contribution in [-0.4, -0.2) is 14.8 Å². The molecule has 4 heteroatoms. The Bertz CT molecular complexity index is 555. The molecule has 4 nitrogen and oxygen atoms in total. The Morgan fingerprint density at radius 2 is 2.00 bits per heavy atom. The van der Waals surface area contributed by atoms with Crippen LogP contribution in [0.2, 0.25) is 0 Å². The topological polar surface area (TPSA) is 56.7 Å². The second kappa shape index (κ2) is 4.90. The van der Waals surface area contributed by atoms with E-state index in [1.54, 1.807) is 0 Å². The van der Waals surface area contributed by atoms with E-state index in [0.29, 0.717) is 18.3 Å². The Hall–Kier alpha value is -1.68. The zero-order chi connectivity index (χ0) is 13.3. The molecule has 0 aliphatic carbocycles. The second-order valence-electron chi connectivity index (χ2n) is 4.95. The van der Waals surface area contributed by atoms with Gasteiger partial charge in [0.2, 0.25) is 0 Å².